The highest BCUT2D eigenvalue weighted by molar-refractivity contribution is 7.89. The number of nitrogen functional groups attached to an aromatic ring is 1. The normalized spacial score (nSPS) is 20.4. The van der Waals surface area contributed by atoms with Gasteiger partial charge in [-0.1, -0.05) is 12.1 Å². The van der Waals surface area contributed by atoms with Crippen LogP contribution in [-0.4, -0.2) is 27.7 Å². The van der Waals surface area contributed by atoms with Crippen molar-refractivity contribution in [3.05, 3.63) is 23.8 Å². The molecule has 3 N–H and O–H groups in total. The van der Waals surface area contributed by atoms with Gasteiger partial charge in [-0.3, -0.25) is 0 Å². The van der Waals surface area contributed by atoms with Gasteiger partial charge in [-0.2, -0.15) is 0 Å². The summed E-state index contributed by atoms with van der Waals surface area (Å²) < 4.78 is 32.6. The highest BCUT2D eigenvalue weighted by atomic mass is 32.2. The molecule has 0 aromatic heterocycles. The summed E-state index contributed by atoms with van der Waals surface area (Å²) in [6, 6.07) is 5.08. The molecule has 5 nitrogen and oxygen atoms in total. The molecule has 1 saturated heterocycles. The molecule has 19 heavy (non-hydrogen) atoms. The quantitative estimate of drug-likeness (QED) is 0.819. The van der Waals surface area contributed by atoms with Gasteiger partial charge in [0.2, 0.25) is 10.0 Å². The van der Waals surface area contributed by atoms with E-state index >= 15 is 0 Å². The fourth-order valence-corrected chi connectivity index (χ4v) is 3.71. The van der Waals surface area contributed by atoms with Crippen molar-refractivity contribution >= 4 is 15.7 Å². The molecule has 1 unspecified atom stereocenters. The molecule has 0 aliphatic carbocycles. The van der Waals surface area contributed by atoms with E-state index in [1.165, 1.54) is 0 Å². The molecule has 0 bridgehead atoms. The summed E-state index contributed by atoms with van der Waals surface area (Å²) >= 11 is 0. The minimum absolute atomic E-state index is 0.0335. The molecule has 6 heteroatoms. The molecule has 0 amide bonds. The van der Waals surface area contributed by atoms with E-state index in [9.17, 15) is 8.42 Å². The molecular weight excluding hydrogens is 264 g/mol. The number of nitrogens with two attached hydrogens (primary N) is 1. The van der Waals surface area contributed by atoms with E-state index in [0.29, 0.717) is 18.7 Å². The van der Waals surface area contributed by atoms with Crippen LogP contribution in [0.4, 0.5) is 5.69 Å². The zero-order chi connectivity index (χ0) is 13.9. The van der Waals surface area contributed by atoms with Crippen molar-refractivity contribution in [2.75, 3.05) is 18.9 Å². The van der Waals surface area contributed by atoms with Crippen LogP contribution in [0, 0.1) is 6.92 Å². The summed E-state index contributed by atoms with van der Waals surface area (Å²) in [4.78, 5) is 0.172. The third-order valence-corrected chi connectivity index (χ3v) is 4.93. The Bertz CT molecular complexity index is 517. The molecule has 1 aromatic carbocycles. The molecule has 1 aliphatic rings. The molecular formula is C13H20N2O3S. The van der Waals surface area contributed by atoms with Crippen LogP contribution < -0.4 is 10.5 Å². The van der Waals surface area contributed by atoms with Gasteiger partial charge in [0.1, 0.15) is 4.90 Å². The van der Waals surface area contributed by atoms with Crippen LogP contribution >= 0.6 is 0 Å². The van der Waals surface area contributed by atoms with E-state index in [1.807, 2.05) is 0 Å². The molecule has 1 fully saturated rings. The molecule has 0 radical (unpaired) electrons. The number of nitrogens with one attached hydrogen (secondary N) is 1. The smallest absolute Gasteiger partial charge is 0.242 e. The Morgan fingerprint density at radius 3 is 2.84 bits per heavy atom. The minimum atomic E-state index is -3.58. The Balaban J connectivity index is 2.09. The van der Waals surface area contributed by atoms with Gasteiger partial charge in [0.05, 0.1) is 11.8 Å². The molecule has 1 atom stereocenters. The summed E-state index contributed by atoms with van der Waals surface area (Å²) in [7, 11) is -3.58. The van der Waals surface area contributed by atoms with Crippen LogP contribution in [0.5, 0.6) is 0 Å². The minimum Gasteiger partial charge on any atom is -0.398 e. The third-order valence-electron chi connectivity index (χ3n) is 3.29. The van der Waals surface area contributed by atoms with Crippen molar-refractivity contribution in [1.82, 2.24) is 4.72 Å². The summed E-state index contributed by atoms with van der Waals surface area (Å²) in [6.45, 7) is 2.75. The van der Waals surface area contributed by atoms with E-state index < -0.39 is 10.0 Å². The lowest BCUT2D eigenvalue weighted by Gasteiger charge is -2.23. The molecule has 1 heterocycles. The van der Waals surface area contributed by atoms with Gasteiger partial charge in [-0.05, 0) is 37.8 Å². The van der Waals surface area contributed by atoms with Crippen LogP contribution in [0.2, 0.25) is 0 Å². The molecule has 1 aliphatic heterocycles. The first kappa shape index (κ1) is 14.3. The van der Waals surface area contributed by atoms with Gasteiger partial charge in [-0.25, -0.2) is 13.1 Å². The van der Waals surface area contributed by atoms with Crippen LogP contribution in [0.3, 0.4) is 0 Å². The summed E-state index contributed by atoms with van der Waals surface area (Å²) in [6.07, 6.45) is 2.99. The maximum absolute atomic E-state index is 12.3. The first-order valence-electron chi connectivity index (χ1n) is 6.47. The zero-order valence-corrected chi connectivity index (χ0v) is 11.9. The number of benzene rings is 1. The lowest BCUT2D eigenvalue weighted by atomic mass is 10.1. The van der Waals surface area contributed by atoms with Crippen molar-refractivity contribution in [2.24, 2.45) is 0 Å². The second-order valence-electron chi connectivity index (χ2n) is 4.83. The van der Waals surface area contributed by atoms with Crippen molar-refractivity contribution in [2.45, 2.75) is 37.2 Å². The first-order chi connectivity index (χ1) is 9.00. The van der Waals surface area contributed by atoms with E-state index in [2.05, 4.69) is 4.72 Å². The number of anilines is 1. The Labute approximate surface area is 114 Å². The Morgan fingerprint density at radius 2 is 2.21 bits per heavy atom. The number of hydrogen-bond acceptors (Lipinski definition) is 4. The predicted octanol–water partition coefficient (Wildman–Crippen LogP) is 1.42. The summed E-state index contributed by atoms with van der Waals surface area (Å²) in [5, 5.41) is 0. The second kappa shape index (κ2) is 5.90. The zero-order valence-electron chi connectivity index (χ0n) is 11.1. The van der Waals surface area contributed by atoms with Crippen molar-refractivity contribution in [3.63, 3.8) is 0 Å². The fraction of sp³-hybridized carbons (Fsp3) is 0.538. The Morgan fingerprint density at radius 1 is 1.42 bits per heavy atom. The van der Waals surface area contributed by atoms with E-state index in [0.717, 1.165) is 19.3 Å². The topological polar surface area (TPSA) is 81.4 Å². The van der Waals surface area contributed by atoms with E-state index in [-0.39, 0.29) is 16.7 Å². The maximum Gasteiger partial charge on any atom is 0.242 e. The average molecular weight is 284 g/mol. The third kappa shape index (κ3) is 3.46. The first-order valence-corrected chi connectivity index (χ1v) is 7.95. The van der Waals surface area contributed by atoms with Crippen molar-refractivity contribution in [3.8, 4) is 0 Å². The lowest BCUT2D eigenvalue weighted by molar-refractivity contribution is 0.0200. The maximum atomic E-state index is 12.3. The highest BCUT2D eigenvalue weighted by Gasteiger charge is 2.22. The molecule has 0 saturated carbocycles. The van der Waals surface area contributed by atoms with Gasteiger partial charge in [-0.15, -0.1) is 0 Å². The number of ether oxygens (including phenoxy) is 1. The monoisotopic (exact) mass is 284 g/mol. The molecule has 0 spiro atoms. The highest BCUT2D eigenvalue weighted by Crippen LogP contribution is 2.22. The van der Waals surface area contributed by atoms with E-state index in [1.54, 1.807) is 25.1 Å². The Kier molecular flexibility index (Phi) is 4.44. The van der Waals surface area contributed by atoms with Crippen LogP contribution in [0.15, 0.2) is 23.1 Å². The second-order valence-corrected chi connectivity index (χ2v) is 6.54. The lowest BCUT2D eigenvalue weighted by Crippen LogP contribution is -2.36. The van der Waals surface area contributed by atoms with Gasteiger partial charge in [0, 0.05) is 13.2 Å². The van der Waals surface area contributed by atoms with E-state index in [4.69, 9.17) is 10.5 Å². The Hall–Kier alpha value is -1.11. The summed E-state index contributed by atoms with van der Waals surface area (Å²) in [5.74, 6) is 0. The number of rotatable bonds is 4. The molecule has 2 rings (SSSR count). The van der Waals surface area contributed by atoms with Crippen molar-refractivity contribution in [1.29, 1.82) is 0 Å². The van der Waals surface area contributed by atoms with Crippen LogP contribution in [0.1, 0.15) is 24.8 Å². The summed E-state index contributed by atoms with van der Waals surface area (Å²) in [5.41, 5.74) is 6.69. The van der Waals surface area contributed by atoms with Crippen LogP contribution in [-0.2, 0) is 14.8 Å². The van der Waals surface area contributed by atoms with Crippen LogP contribution in [0.25, 0.3) is 0 Å². The number of hydrogen-bond donors (Lipinski definition) is 2. The molecule has 1 aromatic rings. The number of sulfonamides is 1. The van der Waals surface area contributed by atoms with Crippen molar-refractivity contribution < 1.29 is 13.2 Å². The fourth-order valence-electron chi connectivity index (χ4n) is 2.29. The standard InChI is InChI=1S/C13H20N2O3S/c1-10-5-4-7-12(14)13(10)19(16,17)15-9-11-6-2-3-8-18-11/h4-5,7,11,15H,2-3,6,8-9,14H2,1H3. The average Bonchev–Trinajstić information content (AvgIpc) is 2.37. The molecule has 106 valence electrons. The van der Waals surface area contributed by atoms with Gasteiger partial charge < -0.3 is 10.5 Å². The SMILES string of the molecule is Cc1cccc(N)c1S(=O)(=O)NCC1CCCCO1. The van der Waals surface area contributed by atoms with Gasteiger partial charge >= 0.3 is 0 Å². The van der Waals surface area contributed by atoms with Gasteiger partial charge in [0.15, 0.2) is 0 Å². The number of aryl methyl sites for hydroxylation is 1. The predicted molar refractivity (Wildman–Crippen MR) is 74.4 cm³/mol. The largest absolute Gasteiger partial charge is 0.398 e. The van der Waals surface area contributed by atoms with Gasteiger partial charge in [0.25, 0.3) is 0 Å².